The van der Waals surface area contributed by atoms with Crippen LogP contribution in [-0.2, 0) is 14.4 Å². The lowest BCUT2D eigenvalue weighted by atomic mass is 9.82. The van der Waals surface area contributed by atoms with Gasteiger partial charge in [0.05, 0.1) is 12.7 Å². The monoisotopic (exact) mass is 498 g/mol. The van der Waals surface area contributed by atoms with Crippen molar-refractivity contribution >= 4 is 50.9 Å². The molecule has 1 atom stereocenters. The summed E-state index contributed by atoms with van der Waals surface area (Å²) >= 11 is 1.21. The van der Waals surface area contributed by atoms with Crippen molar-refractivity contribution in [3.63, 3.8) is 0 Å². The van der Waals surface area contributed by atoms with Gasteiger partial charge in [-0.25, -0.2) is 4.98 Å². The molecular formula is C24H26N4O6S. The van der Waals surface area contributed by atoms with Crippen LogP contribution in [0.5, 0.6) is 5.75 Å². The zero-order chi connectivity index (χ0) is 24.9. The van der Waals surface area contributed by atoms with Crippen LogP contribution in [0.4, 0.5) is 5.13 Å². The Morgan fingerprint density at radius 2 is 2.03 bits per heavy atom. The van der Waals surface area contributed by atoms with Gasteiger partial charge in [0, 0.05) is 34.7 Å². The van der Waals surface area contributed by atoms with Crippen molar-refractivity contribution in [1.82, 2.24) is 14.9 Å². The molecule has 1 aliphatic carbocycles. The second-order valence-corrected chi connectivity index (χ2v) is 9.33. The zero-order valence-electron chi connectivity index (χ0n) is 19.2. The molecule has 4 rings (SSSR count). The first-order valence-electron chi connectivity index (χ1n) is 11.3. The molecule has 0 unspecified atom stereocenters. The number of aromatic nitrogens is 2. The first-order chi connectivity index (χ1) is 16.9. The maximum absolute atomic E-state index is 13.5. The average molecular weight is 499 g/mol. The van der Waals surface area contributed by atoms with Crippen molar-refractivity contribution in [2.75, 3.05) is 19.0 Å². The van der Waals surface area contributed by atoms with Gasteiger partial charge in [-0.3, -0.25) is 19.2 Å². The fourth-order valence-corrected chi connectivity index (χ4v) is 5.16. The summed E-state index contributed by atoms with van der Waals surface area (Å²) in [5.74, 6) is -3.46. The van der Waals surface area contributed by atoms with Gasteiger partial charge in [-0.1, -0.05) is 19.3 Å². The number of amides is 2. The van der Waals surface area contributed by atoms with Gasteiger partial charge in [-0.05, 0) is 30.9 Å². The van der Waals surface area contributed by atoms with Gasteiger partial charge in [0.2, 0.25) is 5.91 Å². The van der Waals surface area contributed by atoms with Crippen LogP contribution in [0.25, 0.3) is 10.9 Å². The largest absolute Gasteiger partial charge is 0.497 e. The molecule has 3 N–H and O–H groups in total. The number of carbonyl (C=O) groups is 4. The summed E-state index contributed by atoms with van der Waals surface area (Å²) in [7, 11) is 1.52. The number of ketones is 1. The first kappa shape index (κ1) is 24.4. The number of aliphatic carboxylic acids is 1. The van der Waals surface area contributed by atoms with Crippen LogP contribution >= 0.6 is 11.3 Å². The molecule has 0 spiro atoms. The minimum Gasteiger partial charge on any atom is -0.497 e. The lowest BCUT2D eigenvalue weighted by molar-refractivity contribution is -0.147. The minimum absolute atomic E-state index is 0.103. The van der Waals surface area contributed by atoms with E-state index in [1.54, 1.807) is 23.6 Å². The van der Waals surface area contributed by atoms with Crippen molar-refractivity contribution in [3.05, 3.63) is 41.5 Å². The van der Waals surface area contributed by atoms with Gasteiger partial charge >= 0.3 is 5.97 Å². The maximum atomic E-state index is 13.5. The molecule has 11 heteroatoms. The summed E-state index contributed by atoms with van der Waals surface area (Å²) in [6, 6.07) is 3.90. The molecule has 0 radical (unpaired) electrons. The average Bonchev–Trinajstić information content (AvgIpc) is 3.52. The van der Waals surface area contributed by atoms with Gasteiger partial charge < -0.3 is 25.0 Å². The third-order valence-electron chi connectivity index (χ3n) is 6.26. The smallest absolute Gasteiger partial charge is 0.323 e. The number of aromatic amines is 1. The number of methoxy groups -OCH3 is 1. The van der Waals surface area contributed by atoms with Gasteiger partial charge in [0.1, 0.15) is 18.3 Å². The number of hydrogen-bond donors (Lipinski definition) is 3. The molecule has 35 heavy (non-hydrogen) atoms. The number of nitrogens with zero attached hydrogens (tertiary/aromatic N) is 2. The normalized spacial score (nSPS) is 14.9. The van der Waals surface area contributed by atoms with E-state index in [4.69, 9.17) is 4.74 Å². The third-order valence-corrected chi connectivity index (χ3v) is 6.95. The molecule has 1 saturated carbocycles. The number of fused-ring (bicyclic) bond motifs is 1. The highest BCUT2D eigenvalue weighted by Crippen LogP contribution is 2.31. The number of carbonyl (C=O) groups excluding carboxylic acids is 3. The summed E-state index contributed by atoms with van der Waals surface area (Å²) in [5, 5.41) is 14.8. The quantitative estimate of drug-likeness (QED) is 0.303. The molecule has 2 aromatic heterocycles. The molecule has 10 nitrogen and oxygen atoms in total. The number of rotatable bonds is 9. The van der Waals surface area contributed by atoms with Gasteiger partial charge in [0.25, 0.3) is 11.7 Å². The van der Waals surface area contributed by atoms with Crippen LogP contribution < -0.4 is 10.1 Å². The van der Waals surface area contributed by atoms with Crippen LogP contribution in [0, 0.1) is 5.92 Å². The Labute approximate surface area is 205 Å². The standard InChI is InChI=1S/C24H26N4O6S/c1-34-15-7-8-16-17(12-26-18(16)11-15)21(31)23(33)28(13-19(29)30)20(14-5-3-2-4-6-14)22(32)27-24-25-9-10-35-24/h7-12,14,20,26H,2-6,13H2,1H3,(H,29,30)(H,25,27,32)/t20-/m1/s1. The number of nitrogens with one attached hydrogen (secondary N) is 2. The Bertz CT molecular complexity index is 1230. The van der Waals surface area contributed by atoms with Gasteiger partial charge in [-0.15, -0.1) is 11.3 Å². The highest BCUT2D eigenvalue weighted by Gasteiger charge is 2.41. The molecule has 2 amide bonds. The first-order valence-corrected chi connectivity index (χ1v) is 12.2. The molecule has 3 aromatic rings. The van der Waals surface area contributed by atoms with E-state index >= 15 is 0 Å². The molecule has 1 fully saturated rings. The number of hydrogen-bond acceptors (Lipinski definition) is 7. The molecule has 1 aromatic carbocycles. The number of H-pyrrole nitrogens is 1. The number of anilines is 1. The molecular weight excluding hydrogens is 472 g/mol. The van der Waals surface area contributed by atoms with Crippen LogP contribution in [0.2, 0.25) is 0 Å². The molecule has 2 heterocycles. The van der Waals surface area contributed by atoms with E-state index in [0.717, 1.165) is 24.2 Å². The molecule has 0 aliphatic heterocycles. The van der Waals surface area contributed by atoms with E-state index in [1.165, 1.54) is 30.8 Å². The van der Waals surface area contributed by atoms with E-state index < -0.39 is 36.2 Å². The topological polar surface area (TPSA) is 142 Å². The van der Waals surface area contributed by atoms with Crippen LogP contribution in [0.1, 0.15) is 42.5 Å². The zero-order valence-corrected chi connectivity index (χ0v) is 20.0. The van der Waals surface area contributed by atoms with E-state index in [0.29, 0.717) is 34.6 Å². The van der Waals surface area contributed by atoms with Crippen molar-refractivity contribution in [2.45, 2.75) is 38.1 Å². The lowest BCUT2D eigenvalue weighted by Crippen LogP contribution is -2.55. The number of benzene rings is 1. The number of carboxylic acids is 1. The number of carboxylic acid groups (broad SMARTS) is 1. The second kappa shape index (κ2) is 10.7. The van der Waals surface area contributed by atoms with E-state index in [9.17, 15) is 24.3 Å². The predicted molar refractivity (Wildman–Crippen MR) is 130 cm³/mol. The maximum Gasteiger partial charge on any atom is 0.323 e. The SMILES string of the molecule is COc1ccc2c(C(=O)C(=O)N(CC(=O)O)[C@@H](C(=O)Nc3nccs3)C3CCCCC3)c[nH]c2c1. The lowest BCUT2D eigenvalue weighted by Gasteiger charge is -2.36. The molecule has 0 bridgehead atoms. The summed E-state index contributed by atoms with van der Waals surface area (Å²) in [6.45, 7) is -0.771. The summed E-state index contributed by atoms with van der Waals surface area (Å²) in [5.41, 5.74) is 0.696. The van der Waals surface area contributed by atoms with Crippen molar-refractivity contribution in [1.29, 1.82) is 0 Å². The van der Waals surface area contributed by atoms with Crippen molar-refractivity contribution in [2.24, 2.45) is 5.92 Å². The number of thiazole rings is 1. The van der Waals surface area contributed by atoms with Crippen LogP contribution in [0.15, 0.2) is 36.0 Å². The Kier molecular flexibility index (Phi) is 7.45. The fraction of sp³-hybridized carbons (Fsp3) is 0.375. The van der Waals surface area contributed by atoms with Crippen molar-refractivity contribution in [3.8, 4) is 5.75 Å². The van der Waals surface area contributed by atoms with Gasteiger partial charge in [-0.2, -0.15) is 0 Å². The number of Topliss-reactive ketones (excluding diaryl/α,β-unsaturated/α-hetero) is 1. The van der Waals surface area contributed by atoms with E-state index in [2.05, 4.69) is 15.3 Å². The van der Waals surface area contributed by atoms with Gasteiger partial charge in [0.15, 0.2) is 5.13 Å². The fourth-order valence-electron chi connectivity index (χ4n) is 4.63. The molecule has 1 aliphatic rings. The van der Waals surface area contributed by atoms with Crippen LogP contribution in [-0.4, -0.2) is 63.2 Å². The highest BCUT2D eigenvalue weighted by molar-refractivity contribution is 7.13. The predicted octanol–water partition coefficient (Wildman–Crippen LogP) is 3.32. The Morgan fingerprint density at radius 1 is 1.26 bits per heavy atom. The minimum atomic E-state index is -1.31. The Balaban J connectivity index is 1.68. The van der Waals surface area contributed by atoms with E-state index in [-0.39, 0.29) is 11.5 Å². The number of ether oxygens (including phenoxy) is 1. The van der Waals surface area contributed by atoms with Crippen LogP contribution in [0.3, 0.4) is 0 Å². The van der Waals surface area contributed by atoms with Crippen molar-refractivity contribution < 1.29 is 29.0 Å². The molecule has 0 saturated heterocycles. The molecule has 184 valence electrons. The third kappa shape index (κ3) is 5.35. The highest BCUT2D eigenvalue weighted by atomic mass is 32.1. The van der Waals surface area contributed by atoms with E-state index in [1.807, 2.05) is 0 Å². The Morgan fingerprint density at radius 3 is 2.69 bits per heavy atom. The summed E-state index contributed by atoms with van der Waals surface area (Å²) < 4.78 is 5.20. The second-order valence-electron chi connectivity index (χ2n) is 8.44. The summed E-state index contributed by atoms with van der Waals surface area (Å²) in [4.78, 5) is 59.9. The Hall–Kier alpha value is -3.73. The summed E-state index contributed by atoms with van der Waals surface area (Å²) in [6.07, 6.45) is 6.97.